The van der Waals surface area contributed by atoms with E-state index >= 15 is 0 Å². The van der Waals surface area contributed by atoms with E-state index in [-0.39, 0.29) is 17.9 Å². The smallest absolute Gasteiger partial charge is 0.239 e. The number of likely N-dealkylation sites (tertiary alicyclic amines) is 1. The van der Waals surface area contributed by atoms with Gasteiger partial charge in [-0.1, -0.05) is 20.8 Å². The fourth-order valence-corrected chi connectivity index (χ4v) is 3.18. The van der Waals surface area contributed by atoms with Gasteiger partial charge >= 0.3 is 0 Å². The molecule has 2 rings (SSSR count). The third kappa shape index (κ3) is 3.51. The van der Waals surface area contributed by atoms with Crippen LogP contribution in [0.2, 0.25) is 0 Å². The molecule has 2 heterocycles. The van der Waals surface area contributed by atoms with E-state index in [9.17, 15) is 4.79 Å². The van der Waals surface area contributed by atoms with Gasteiger partial charge in [-0.15, -0.1) is 0 Å². The molecule has 0 radical (unpaired) electrons. The Hall–Kier alpha value is -0.650. The Morgan fingerprint density at radius 1 is 1.20 bits per heavy atom. The zero-order chi connectivity index (χ0) is 14.7. The quantitative estimate of drug-likeness (QED) is 0.801. The molecule has 2 atom stereocenters. The lowest BCUT2D eigenvalue weighted by Gasteiger charge is -2.37. The molecule has 2 N–H and O–H groups in total. The summed E-state index contributed by atoms with van der Waals surface area (Å²) in [6.45, 7) is 13.7. The fraction of sp³-hybridized carbons (Fsp3) is 0.933. The molecule has 2 aliphatic heterocycles. The van der Waals surface area contributed by atoms with Crippen LogP contribution in [0.4, 0.5) is 0 Å². The highest BCUT2D eigenvalue weighted by Crippen LogP contribution is 2.19. The molecule has 2 fully saturated rings. The standard InChI is InChI=1S/C15H30N4O/c1-4-17-7-9-18(10-8-17)13-5-6-19(11-13)15(20)14(16)12(2)3/h12-14H,4-11,16H2,1-3H3/t13-,14-/m0/s1. The van der Waals surface area contributed by atoms with Crippen molar-refractivity contribution in [2.75, 3.05) is 45.8 Å². The van der Waals surface area contributed by atoms with Crippen molar-refractivity contribution in [3.8, 4) is 0 Å². The second kappa shape index (κ2) is 6.87. The van der Waals surface area contributed by atoms with Crippen LogP contribution in [0, 0.1) is 5.92 Å². The molecule has 5 nitrogen and oxygen atoms in total. The summed E-state index contributed by atoms with van der Waals surface area (Å²) in [7, 11) is 0. The van der Waals surface area contributed by atoms with Crippen LogP contribution in [-0.4, -0.2) is 78.5 Å². The first kappa shape index (κ1) is 15.7. The van der Waals surface area contributed by atoms with Crippen molar-refractivity contribution >= 4 is 5.91 Å². The summed E-state index contributed by atoms with van der Waals surface area (Å²) in [6.07, 6.45) is 1.10. The summed E-state index contributed by atoms with van der Waals surface area (Å²) >= 11 is 0. The Bertz CT molecular complexity index is 326. The van der Waals surface area contributed by atoms with E-state index in [1.807, 2.05) is 18.7 Å². The number of nitrogens with two attached hydrogens (primary N) is 1. The summed E-state index contributed by atoms with van der Waals surface area (Å²) in [5, 5.41) is 0. The van der Waals surface area contributed by atoms with Crippen LogP contribution in [0.25, 0.3) is 0 Å². The average Bonchev–Trinajstić information content (AvgIpc) is 2.95. The van der Waals surface area contributed by atoms with E-state index in [0.717, 1.165) is 52.2 Å². The fourth-order valence-electron chi connectivity index (χ4n) is 3.18. The topological polar surface area (TPSA) is 52.8 Å². The summed E-state index contributed by atoms with van der Waals surface area (Å²) in [5.74, 6) is 0.351. The average molecular weight is 282 g/mol. The summed E-state index contributed by atoms with van der Waals surface area (Å²) < 4.78 is 0. The summed E-state index contributed by atoms with van der Waals surface area (Å²) in [6, 6.07) is 0.197. The molecule has 0 aromatic heterocycles. The Morgan fingerprint density at radius 3 is 2.40 bits per heavy atom. The van der Waals surface area contributed by atoms with E-state index in [0.29, 0.717) is 6.04 Å². The Kier molecular flexibility index (Phi) is 5.41. The van der Waals surface area contributed by atoms with Crippen molar-refractivity contribution in [1.82, 2.24) is 14.7 Å². The Balaban J connectivity index is 1.82. The van der Waals surface area contributed by atoms with Gasteiger partial charge < -0.3 is 15.5 Å². The lowest BCUT2D eigenvalue weighted by atomic mass is 10.0. The van der Waals surface area contributed by atoms with Gasteiger partial charge in [0.1, 0.15) is 0 Å². The molecule has 0 spiro atoms. The van der Waals surface area contributed by atoms with Gasteiger partial charge in [0.05, 0.1) is 6.04 Å². The van der Waals surface area contributed by atoms with Crippen LogP contribution < -0.4 is 5.73 Å². The molecule has 116 valence electrons. The molecule has 2 saturated heterocycles. The van der Waals surface area contributed by atoms with Crippen LogP contribution in [0.1, 0.15) is 27.2 Å². The molecule has 2 aliphatic rings. The van der Waals surface area contributed by atoms with Crippen molar-refractivity contribution in [1.29, 1.82) is 0 Å². The molecule has 20 heavy (non-hydrogen) atoms. The highest BCUT2D eigenvalue weighted by molar-refractivity contribution is 5.82. The van der Waals surface area contributed by atoms with Crippen LogP contribution in [0.5, 0.6) is 0 Å². The molecule has 0 bridgehead atoms. The van der Waals surface area contributed by atoms with E-state index < -0.39 is 0 Å². The number of nitrogens with zero attached hydrogens (tertiary/aromatic N) is 3. The third-order valence-corrected chi connectivity index (χ3v) is 4.85. The third-order valence-electron chi connectivity index (χ3n) is 4.85. The first-order valence-corrected chi connectivity index (χ1v) is 8.03. The zero-order valence-electron chi connectivity index (χ0n) is 13.2. The highest BCUT2D eigenvalue weighted by atomic mass is 16.2. The van der Waals surface area contributed by atoms with E-state index in [2.05, 4.69) is 16.7 Å². The minimum absolute atomic E-state index is 0.134. The lowest BCUT2D eigenvalue weighted by Crippen LogP contribution is -2.52. The van der Waals surface area contributed by atoms with E-state index in [1.165, 1.54) is 0 Å². The lowest BCUT2D eigenvalue weighted by molar-refractivity contribution is -0.132. The highest BCUT2D eigenvalue weighted by Gasteiger charge is 2.34. The number of likely N-dealkylation sites (N-methyl/N-ethyl adjacent to an activating group) is 1. The second-order valence-corrected chi connectivity index (χ2v) is 6.47. The number of carbonyl (C=O) groups is 1. The molecular formula is C15H30N4O. The predicted molar refractivity (Wildman–Crippen MR) is 81.5 cm³/mol. The van der Waals surface area contributed by atoms with Gasteiger partial charge in [-0.2, -0.15) is 0 Å². The number of piperazine rings is 1. The van der Waals surface area contributed by atoms with Crippen LogP contribution >= 0.6 is 0 Å². The van der Waals surface area contributed by atoms with Crippen molar-refractivity contribution in [2.45, 2.75) is 39.3 Å². The molecular weight excluding hydrogens is 252 g/mol. The number of hydrogen-bond acceptors (Lipinski definition) is 4. The maximum Gasteiger partial charge on any atom is 0.239 e. The number of hydrogen-bond donors (Lipinski definition) is 1. The minimum atomic E-state index is -0.342. The number of rotatable bonds is 4. The molecule has 0 saturated carbocycles. The van der Waals surface area contributed by atoms with Gasteiger partial charge in [-0.3, -0.25) is 9.69 Å². The zero-order valence-corrected chi connectivity index (χ0v) is 13.2. The maximum absolute atomic E-state index is 12.3. The van der Waals surface area contributed by atoms with Gasteiger partial charge in [0.2, 0.25) is 5.91 Å². The largest absolute Gasteiger partial charge is 0.340 e. The van der Waals surface area contributed by atoms with Crippen molar-refractivity contribution in [3.63, 3.8) is 0 Å². The Labute approximate surface area is 123 Å². The van der Waals surface area contributed by atoms with Crippen LogP contribution in [0.15, 0.2) is 0 Å². The van der Waals surface area contributed by atoms with Gasteiger partial charge in [0, 0.05) is 45.3 Å². The molecule has 0 aromatic rings. The van der Waals surface area contributed by atoms with Gasteiger partial charge in [0.15, 0.2) is 0 Å². The van der Waals surface area contributed by atoms with Crippen LogP contribution in [0.3, 0.4) is 0 Å². The van der Waals surface area contributed by atoms with E-state index in [4.69, 9.17) is 5.73 Å². The van der Waals surface area contributed by atoms with Crippen molar-refractivity contribution < 1.29 is 4.79 Å². The number of amides is 1. The summed E-state index contributed by atoms with van der Waals surface area (Å²) in [4.78, 5) is 19.3. The SMILES string of the molecule is CCN1CCN([C@H]2CCN(C(=O)[C@@H](N)C(C)C)C2)CC1. The predicted octanol–water partition coefficient (Wildman–Crippen LogP) is 0.208. The molecule has 5 heteroatoms. The monoisotopic (exact) mass is 282 g/mol. The first-order valence-electron chi connectivity index (χ1n) is 8.03. The normalized spacial score (nSPS) is 27.2. The molecule has 1 amide bonds. The Morgan fingerprint density at radius 2 is 1.85 bits per heavy atom. The number of carbonyl (C=O) groups excluding carboxylic acids is 1. The first-order chi connectivity index (χ1) is 9.52. The van der Waals surface area contributed by atoms with Crippen LogP contribution in [-0.2, 0) is 4.79 Å². The van der Waals surface area contributed by atoms with Crippen molar-refractivity contribution in [3.05, 3.63) is 0 Å². The maximum atomic E-state index is 12.3. The van der Waals surface area contributed by atoms with Gasteiger partial charge in [0.25, 0.3) is 0 Å². The van der Waals surface area contributed by atoms with Crippen molar-refractivity contribution in [2.24, 2.45) is 11.7 Å². The molecule has 0 aromatic carbocycles. The molecule has 0 aliphatic carbocycles. The molecule has 0 unspecified atom stereocenters. The van der Waals surface area contributed by atoms with Gasteiger partial charge in [-0.05, 0) is 18.9 Å². The van der Waals surface area contributed by atoms with E-state index in [1.54, 1.807) is 0 Å². The summed E-state index contributed by atoms with van der Waals surface area (Å²) in [5.41, 5.74) is 5.99. The van der Waals surface area contributed by atoms with Gasteiger partial charge in [-0.25, -0.2) is 0 Å². The second-order valence-electron chi connectivity index (χ2n) is 6.47. The minimum Gasteiger partial charge on any atom is -0.340 e.